The molecule has 0 saturated carbocycles. The lowest BCUT2D eigenvalue weighted by Crippen LogP contribution is -2.12. The first-order valence-corrected chi connectivity index (χ1v) is 7.86. The molecule has 120 valence electrons. The monoisotopic (exact) mass is 319 g/mol. The average Bonchev–Trinajstić information content (AvgIpc) is 2.93. The molecule has 2 aromatic carbocycles. The van der Waals surface area contributed by atoms with Crippen molar-refractivity contribution in [2.45, 2.75) is 26.2 Å². The van der Waals surface area contributed by atoms with Crippen LogP contribution in [0.15, 0.2) is 62.3 Å². The van der Waals surface area contributed by atoms with E-state index in [0.29, 0.717) is 16.9 Å². The molecule has 0 radical (unpaired) electrons. The third-order valence-electron chi connectivity index (χ3n) is 4.19. The lowest BCUT2D eigenvalue weighted by Gasteiger charge is -2.22. The zero-order valence-corrected chi connectivity index (χ0v) is 13.8. The smallest absolute Gasteiger partial charge is 0.391 e. The van der Waals surface area contributed by atoms with Crippen molar-refractivity contribution in [2.75, 3.05) is 0 Å². The van der Waals surface area contributed by atoms with Crippen molar-refractivity contribution in [3.05, 3.63) is 64.8 Å². The maximum Gasteiger partial charge on any atom is 0.519 e. The van der Waals surface area contributed by atoms with Crippen molar-refractivity contribution in [1.82, 2.24) is 4.98 Å². The summed E-state index contributed by atoms with van der Waals surface area (Å²) in [4.78, 5) is 15.9. The van der Waals surface area contributed by atoms with Gasteiger partial charge in [-0.05, 0) is 33.9 Å². The fourth-order valence-electron chi connectivity index (χ4n) is 3.08. The highest BCUT2D eigenvalue weighted by atomic mass is 16.6. The number of nitrogens with zero attached hydrogens (tertiary/aromatic N) is 1. The van der Waals surface area contributed by atoms with Crippen LogP contribution >= 0.6 is 0 Å². The van der Waals surface area contributed by atoms with Gasteiger partial charge in [0.2, 0.25) is 5.58 Å². The van der Waals surface area contributed by atoms with Crippen LogP contribution in [-0.2, 0) is 5.41 Å². The van der Waals surface area contributed by atoms with E-state index in [4.69, 9.17) is 8.83 Å². The van der Waals surface area contributed by atoms with Crippen LogP contribution < -0.4 is 5.82 Å². The van der Waals surface area contributed by atoms with Crippen LogP contribution in [0.2, 0.25) is 0 Å². The molecule has 4 rings (SSSR count). The Balaban J connectivity index is 2.08. The van der Waals surface area contributed by atoms with E-state index in [1.165, 1.54) is 10.9 Å². The number of pyridine rings is 1. The minimum absolute atomic E-state index is 0.0270. The van der Waals surface area contributed by atoms with Gasteiger partial charge in [0, 0.05) is 17.8 Å². The van der Waals surface area contributed by atoms with Crippen molar-refractivity contribution in [2.24, 2.45) is 0 Å². The predicted molar refractivity (Wildman–Crippen MR) is 94.2 cm³/mol. The minimum atomic E-state index is -0.712. The van der Waals surface area contributed by atoms with Crippen LogP contribution in [0.5, 0.6) is 0 Å². The largest absolute Gasteiger partial charge is 0.519 e. The number of benzene rings is 2. The summed E-state index contributed by atoms with van der Waals surface area (Å²) in [5, 5.41) is 2.35. The van der Waals surface area contributed by atoms with Gasteiger partial charge in [-0.25, -0.2) is 4.79 Å². The van der Waals surface area contributed by atoms with Crippen LogP contribution in [0, 0.1) is 0 Å². The minimum Gasteiger partial charge on any atom is -0.391 e. The summed E-state index contributed by atoms with van der Waals surface area (Å²) in [6.45, 7) is 6.56. The number of aromatic nitrogens is 1. The van der Waals surface area contributed by atoms with Crippen molar-refractivity contribution >= 4 is 21.9 Å². The van der Waals surface area contributed by atoms with Gasteiger partial charge in [0.05, 0.1) is 0 Å². The summed E-state index contributed by atoms with van der Waals surface area (Å²) in [7, 11) is 0. The van der Waals surface area contributed by atoms with E-state index in [0.717, 1.165) is 10.9 Å². The number of fused-ring (bicyclic) bond motifs is 2. The Hall–Kier alpha value is -2.88. The lowest BCUT2D eigenvalue weighted by atomic mass is 9.82. The second kappa shape index (κ2) is 5.06. The average molecular weight is 319 g/mol. The summed E-state index contributed by atoms with van der Waals surface area (Å²) in [5.41, 5.74) is 3.53. The second-order valence-electron chi connectivity index (χ2n) is 6.94. The molecule has 4 nitrogen and oxygen atoms in total. The Morgan fingerprint density at radius 2 is 1.79 bits per heavy atom. The van der Waals surface area contributed by atoms with Gasteiger partial charge < -0.3 is 8.83 Å². The van der Waals surface area contributed by atoms with E-state index in [1.54, 1.807) is 12.3 Å². The summed E-state index contributed by atoms with van der Waals surface area (Å²) in [5.74, 6) is -0.712. The molecular formula is C20H17NO3. The molecule has 0 N–H and O–H groups in total. The molecule has 24 heavy (non-hydrogen) atoms. The Bertz CT molecular complexity index is 1110. The van der Waals surface area contributed by atoms with Crippen molar-refractivity contribution in [1.29, 1.82) is 0 Å². The third kappa shape index (κ3) is 2.31. The maximum absolute atomic E-state index is 11.4. The molecule has 0 fully saturated rings. The van der Waals surface area contributed by atoms with Crippen molar-refractivity contribution in [3.63, 3.8) is 0 Å². The highest BCUT2D eigenvalue weighted by Crippen LogP contribution is 2.35. The molecular weight excluding hydrogens is 302 g/mol. The fourth-order valence-corrected chi connectivity index (χ4v) is 3.08. The third-order valence-corrected chi connectivity index (χ3v) is 4.19. The van der Waals surface area contributed by atoms with Gasteiger partial charge in [0.15, 0.2) is 5.58 Å². The first kappa shape index (κ1) is 14.7. The molecule has 2 aromatic heterocycles. The molecule has 4 aromatic rings. The van der Waals surface area contributed by atoms with Gasteiger partial charge in [0.25, 0.3) is 0 Å². The maximum atomic E-state index is 11.4. The summed E-state index contributed by atoms with van der Waals surface area (Å²) in [6.07, 6.45) is 1.63. The molecule has 0 unspecified atom stereocenters. The Labute approximate surface area is 138 Å². The molecule has 0 aliphatic heterocycles. The Kier molecular flexibility index (Phi) is 3.10. The fraction of sp³-hybridized carbons (Fsp3) is 0.200. The van der Waals surface area contributed by atoms with Crippen LogP contribution in [0.1, 0.15) is 26.3 Å². The SMILES string of the molecule is CC(C)(C)c1cc(-c2nccc3oc(=O)oc23)cc2ccccc12. The Morgan fingerprint density at radius 3 is 2.58 bits per heavy atom. The summed E-state index contributed by atoms with van der Waals surface area (Å²) in [6, 6.07) is 14.1. The van der Waals surface area contributed by atoms with Crippen LogP contribution in [0.25, 0.3) is 33.2 Å². The topological polar surface area (TPSA) is 56.2 Å². The molecule has 0 spiro atoms. The van der Waals surface area contributed by atoms with Gasteiger partial charge in [-0.2, -0.15) is 0 Å². The normalized spacial score (nSPS) is 12.1. The molecule has 0 aliphatic carbocycles. The van der Waals surface area contributed by atoms with Gasteiger partial charge >= 0.3 is 5.82 Å². The number of hydrogen-bond acceptors (Lipinski definition) is 4. The van der Waals surface area contributed by atoms with E-state index < -0.39 is 5.82 Å². The zero-order chi connectivity index (χ0) is 16.9. The van der Waals surface area contributed by atoms with Gasteiger partial charge in [-0.3, -0.25) is 4.98 Å². The predicted octanol–water partition coefficient (Wildman–Crippen LogP) is 4.90. The molecule has 0 atom stereocenters. The van der Waals surface area contributed by atoms with Gasteiger partial charge in [0.1, 0.15) is 5.69 Å². The van der Waals surface area contributed by atoms with Crippen molar-refractivity contribution in [3.8, 4) is 11.3 Å². The Morgan fingerprint density at radius 1 is 1.00 bits per heavy atom. The second-order valence-corrected chi connectivity index (χ2v) is 6.94. The lowest BCUT2D eigenvalue weighted by molar-refractivity contribution is 0.409. The van der Waals surface area contributed by atoms with Crippen molar-refractivity contribution < 1.29 is 8.83 Å². The van der Waals surface area contributed by atoms with Crippen LogP contribution in [-0.4, -0.2) is 4.98 Å². The number of hydrogen-bond donors (Lipinski definition) is 0. The van der Waals surface area contributed by atoms with E-state index in [2.05, 4.69) is 50.0 Å². The molecule has 0 aliphatic rings. The summed E-state index contributed by atoms with van der Waals surface area (Å²) >= 11 is 0. The molecule has 0 bridgehead atoms. The first-order valence-electron chi connectivity index (χ1n) is 7.86. The highest BCUT2D eigenvalue weighted by molar-refractivity contribution is 5.94. The molecule has 4 heteroatoms. The molecule has 0 amide bonds. The van der Waals surface area contributed by atoms with Crippen LogP contribution in [0.3, 0.4) is 0 Å². The standard InChI is InChI=1S/C20H17NO3/c1-20(2,3)15-11-13(10-12-6-4-5-7-14(12)15)17-18-16(8-9-21-17)23-19(22)24-18/h4-11H,1-3H3. The summed E-state index contributed by atoms with van der Waals surface area (Å²) < 4.78 is 10.3. The molecule has 2 heterocycles. The zero-order valence-electron chi connectivity index (χ0n) is 13.8. The van der Waals surface area contributed by atoms with E-state index in [-0.39, 0.29) is 5.41 Å². The van der Waals surface area contributed by atoms with Crippen LogP contribution in [0.4, 0.5) is 0 Å². The van der Waals surface area contributed by atoms with Gasteiger partial charge in [-0.1, -0.05) is 45.0 Å². The highest BCUT2D eigenvalue weighted by Gasteiger charge is 2.20. The van der Waals surface area contributed by atoms with Gasteiger partial charge in [-0.15, -0.1) is 0 Å². The number of rotatable bonds is 1. The van der Waals surface area contributed by atoms with E-state index in [1.807, 2.05) is 12.1 Å². The van der Waals surface area contributed by atoms with E-state index >= 15 is 0 Å². The first-order chi connectivity index (χ1) is 11.4. The molecule has 0 saturated heterocycles. The van der Waals surface area contributed by atoms with E-state index in [9.17, 15) is 4.79 Å². The quantitative estimate of drug-likeness (QED) is 0.501.